The maximum Gasteiger partial charge on any atom is 0.407 e. The van der Waals surface area contributed by atoms with Crippen molar-refractivity contribution in [2.45, 2.75) is 64.5 Å². The zero-order valence-electron chi connectivity index (χ0n) is 32.1. The van der Waals surface area contributed by atoms with Crippen molar-refractivity contribution < 1.29 is 29.3 Å². The van der Waals surface area contributed by atoms with Gasteiger partial charge in [-0.15, -0.1) is 0 Å². The number of hydrogen-bond acceptors (Lipinski definition) is 8. The molecule has 4 bridgehead atoms. The molecule has 4 fully saturated rings. The Kier molecular flexibility index (Phi) is 8.93. The van der Waals surface area contributed by atoms with Crippen LogP contribution in [-0.4, -0.2) is 78.6 Å². The number of nitrogens with one attached hydrogen (secondary N) is 1. The fraction of sp³-hybridized carbons (Fsp3) is 0.364. The van der Waals surface area contributed by atoms with Gasteiger partial charge in [0.25, 0.3) is 5.91 Å². The van der Waals surface area contributed by atoms with E-state index in [1.165, 1.54) is 22.7 Å². The molecular formula is C44H44N6O6S. The summed E-state index contributed by atoms with van der Waals surface area (Å²) in [6.07, 6.45) is 7.00. The molecule has 6 aromatic rings. The summed E-state index contributed by atoms with van der Waals surface area (Å²) in [5, 5.41) is 29.7. The van der Waals surface area contributed by atoms with Crippen LogP contribution in [0.4, 0.5) is 9.93 Å². The van der Waals surface area contributed by atoms with Gasteiger partial charge in [-0.05, 0) is 109 Å². The number of likely N-dealkylation sites (N-methyl/N-ethyl adjacent to an activating group) is 1. The molecule has 4 aliphatic rings. The summed E-state index contributed by atoms with van der Waals surface area (Å²) in [7, 11) is 1.57. The summed E-state index contributed by atoms with van der Waals surface area (Å²) < 4.78 is 9.64. The molecule has 3 N–H and O–H groups in total. The van der Waals surface area contributed by atoms with E-state index < -0.39 is 12.1 Å². The quantitative estimate of drug-likeness (QED) is 0.117. The van der Waals surface area contributed by atoms with Crippen LogP contribution in [0.5, 0.6) is 0 Å². The third kappa shape index (κ3) is 6.82. The fourth-order valence-corrected chi connectivity index (χ4v) is 11.6. The molecule has 3 heterocycles. The highest BCUT2D eigenvalue weighted by Crippen LogP contribution is 2.68. The molecular weight excluding hydrogens is 741 g/mol. The second-order valence-corrected chi connectivity index (χ2v) is 18.0. The van der Waals surface area contributed by atoms with Gasteiger partial charge in [-0.25, -0.2) is 19.6 Å². The summed E-state index contributed by atoms with van der Waals surface area (Å²) in [6.45, 7) is 5.76. The van der Waals surface area contributed by atoms with Crippen molar-refractivity contribution in [2.24, 2.45) is 16.7 Å². The summed E-state index contributed by atoms with van der Waals surface area (Å²) in [5.41, 5.74) is 4.31. The number of ether oxygens (including phenoxy) is 1. The van der Waals surface area contributed by atoms with Gasteiger partial charge >= 0.3 is 12.1 Å². The highest BCUT2D eigenvalue weighted by atomic mass is 32.1. The second kappa shape index (κ2) is 13.8. The number of hydrogen-bond donors (Lipinski definition) is 3. The molecule has 0 spiro atoms. The van der Waals surface area contributed by atoms with Crippen molar-refractivity contribution in [2.75, 3.05) is 25.5 Å². The molecule has 57 heavy (non-hydrogen) atoms. The molecule has 4 aliphatic carbocycles. The zero-order chi connectivity index (χ0) is 39.7. The molecule has 3 aromatic heterocycles. The molecule has 292 valence electrons. The number of amides is 2. The lowest BCUT2D eigenvalue weighted by atomic mass is 9.43. The number of carbonyl (C=O) groups is 3. The lowest BCUT2D eigenvalue weighted by molar-refractivity contribution is -0.223. The summed E-state index contributed by atoms with van der Waals surface area (Å²) in [6, 6.07) is 22.6. The lowest BCUT2D eigenvalue weighted by Crippen LogP contribution is -2.61. The van der Waals surface area contributed by atoms with E-state index in [1.54, 1.807) is 25.4 Å². The third-order valence-electron chi connectivity index (χ3n) is 12.5. The topological polar surface area (TPSA) is 160 Å². The van der Waals surface area contributed by atoms with Crippen molar-refractivity contribution in [1.29, 1.82) is 0 Å². The molecule has 0 aliphatic heterocycles. The van der Waals surface area contributed by atoms with Gasteiger partial charge in [0.15, 0.2) is 10.8 Å². The predicted octanol–water partition coefficient (Wildman–Crippen LogP) is 8.99. The monoisotopic (exact) mass is 784 g/mol. The average Bonchev–Trinajstić information content (AvgIpc) is 3.74. The Morgan fingerprint density at radius 1 is 0.965 bits per heavy atom. The first-order valence-corrected chi connectivity index (χ1v) is 20.2. The Labute approximate surface area is 333 Å². The molecule has 0 saturated heterocycles. The number of carbonyl (C=O) groups excluding carboxylic acids is 1. The van der Waals surface area contributed by atoms with Crippen LogP contribution in [0.25, 0.3) is 43.4 Å². The second-order valence-electron chi connectivity index (χ2n) is 16.9. The Morgan fingerprint density at radius 3 is 2.60 bits per heavy atom. The molecule has 4 unspecified atom stereocenters. The van der Waals surface area contributed by atoms with E-state index in [-0.39, 0.29) is 28.0 Å². The average molecular weight is 785 g/mol. The first kappa shape index (κ1) is 36.9. The van der Waals surface area contributed by atoms with Crippen molar-refractivity contribution in [3.05, 3.63) is 95.9 Å². The number of aromatic nitrogens is 4. The van der Waals surface area contributed by atoms with Crippen LogP contribution in [0, 0.1) is 23.7 Å². The SMILES string of the molecule is Cc1c(-c2ccc(-c3ccc4cccc(C(=O)Nc5nc6ccccc6s5)c4c3)nc2C(=O)O)cnn1CC12CC3CC(C)(C1)CC(OCCN(C)C(=O)O)(C3)C2. The summed E-state index contributed by atoms with van der Waals surface area (Å²) >= 11 is 1.41. The Morgan fingerprint density at radius 2 is 1.81 bits per heavy atom. The van der Waals surface area contributed by atoms with Crippen molar-refractivity contribution in [3.63, 3.8) is 0 Å². The van der Waals surface area contributed by atoms with E-state index in [2.05, 4.69) is 17.2 Å². The summed E-state index contributed by atoms with van der Waals surface area (Å²) in [4.78, 5) is 48.3. The van der Waals surface area contributed by atoms with Crippen LogP contribution in [0.1, 0.15) is 72.0 Å². The van der Waals surface area contributed by atoms with Crippen LogP contribution in [0.15, 0.2) is 79.0 Å². The van der Waals surface area contributed by atoms with Gasteiger partial charge in [-0.3, -0.25) is 14.8 Å². The van der Waals surface area contributed by atoms with Gasteiger partial charge in [0.1, 0.15) is 0 Å². The molecule has 12 nitrogen and oxygen atoms in total. The zero-order valence-corrected chi connectivity index (χ0v) is 32.9. The predicted molar refractivity (Wildman–Crippen MR) is 219 cm³/mol. The van der Waals surface area contributed by atoms with E-state index in [9.17, 15) is 24.6 Å². The first-order chi connectivity index (χ1) is 27.3. The van der Waals surface area contributed by atoms with Crippen molar-refractivity contribution in [1.82, 2.24) is 24.6 Å². The fourth-order valence-electron chi connectivity index (χ4n) is 10.8. The van der Waals surface area contributed by atoms with E-state index in [0.29, 0.717) is 58.5 Å². The van der Waals surface area contributed by atoms with Gasteiger partial charge in [0.05, 0.1) is 34.3 Å². The van der Waals surface area contributed by atoms with Gasteiger partial charge in [0, 0.05) is 48.1 Å². The number of para-hydroxylation sites is 1. The van der Waals surface area contributed by atoms with Crippen LogP contribution < -0.4 is 5.32 Å². The van der Waals surface area contributed by atoms with Crippen LogP contribution in [-0.2, 0) is 11.3 Å². The summed E-state index contributed by atoms with van der Waals surface area (Å²) in [5.74, 6) is -0.890. The molecule has 4 saturated carbocycles. The van der Waals surface area contributed by atoms with Crippen molar-refractivity contribution >= 4 is 55.4 Å². The number of rotatable bonds is 11. The highest BCUT2D eigenvalue weighted by molar-refractivity contribution is 7.22. The van der Waals surface area contributed by atoms with Crippen molar-refractivity contribution in [3.8, 4) is 22.4 Å². The first-order valence-electron chi connectivity index (χ1n) is 19.4. The van der Waals surface area contributed by atoms with Gasteiger partial charge < -0.3 is 19.8 Å². The van der Waals surface area contributed by atoms with Crippen LogP contribution >= 0.6 is 11.3 Å². The standard InChI is InChI=1S/C44H44N6O6S/c1-26-33(21-45-50(26)25-43-19-27-18-42(2,22-43)23-44(20-27,24-43)56-16-15-49(3)41(54)55)30-13-14-34(46-37(30)39(52)53)29-12-11-28-7-6-8-31(32(28)17-29)38(51)48-40-47-35-9-4-5-10-36(35)57-40/h4-14,17,21,27H,15-16,18-20,22-25H2,1-3H3,(H,52,53)(H,54,55)(H,47,48,51). The maximum absolute atomic E-state index is 13.6. The minimum absolute atomic E-state index is 0.0289. The van der Waals surface area contributed by atoms with E-state index >= 15 is 0 Å². The third-order valence-corrected chi connectivity index (χ3v) is 13.4. The van der Waals surface area contributed by atoms with Gasteiger partial charge in [-0.2, -0.15) is 5.10 Å². The maximum atomic E-state index is 13.6. The molecule has 0 radical (unpaired) electrons. The molecule has 2 amide bonds. The van der Waals surface area contributed by atoms with Gasteiger partial charge in [0.2, 0.25) is 0 Å². The molecule has 13 heteroatoms. The minimum atomic E-state index is -1.14. The van der Waals surface area contributed by atoms with Gasteiger partial charge in [-0.1, -0.05) is 54.7 Å². The Balaban J connectivity index is 0.979. The van der Waals surface area contributed by atoms with E-state index in [1.807, 2.05) is 72.3 Å². The number of benzene rings is 3. The smallest absolute Gasteiger partial charge is 0.407 e. The number of thiazole rings is 1. The molecule has 3 aromatic carbocycles. The number of aromatic carboxylic acids is 1. The Hall–Kier alpha value is -5.66. The van der Waals surface area contributed by atoms with E-state index in [4.69, 9.17) is 14.8 Å². The number of anilines is 1. The number of pyridine rings is 1. The number of nitrogens with zero attached hydrogens (tertiary/aromatic N) is 5. The molecule has 4 atom stereocenters. The number of carboxylic acid groups (broad SMARTS) is 2. The Bertz CT molecular complexity index is 2570. The van der Waals surface area contributed by atoms with E-state index in [0.717, 1.165) is 59.0 Å². The molecule has 10 rings (SSSR count). The highest BCUT2D eigenvalue weighted by Gasteiger charge is 2.62. The normalized spacial score (nSPS) is 23.6. The number of fused-ring (bicyclic) bond motifs is 2. The van der Waals surface area contributed by atoms with Crippen LogP contribution in [0.3, 0.4) is 0 Å². The number of carboxylic acids is 1. The minimum Gasteiger partial charge on any atom is -0.476 e. The lowest BCUT2D eigenvalue weighted by Gasteiger charge is -2.65. The largest absolute Gasteiger partial charge is 0.476 e. The van der Waals surface area contributed by atoms with Crippen LogP contribution in [0.2, 0.25) is 0 Å².